The van der Waals surface area contributed by atoms with E-state index < -0.39 is 0 Å². The van der Waals surface area contributed by atoms with Gasteiger partial charge in [-0.2, -0.15) is 0 Å². The number of Topliss-reactive ketones (excluding diaryl/α,β-unsaturated/α-hetero) is 1. The summed E-state index contributed by atoms with van der Waals surface area (Å²) in [6, 6.07) is 6.50. The largest absolute Gasteiger partial charge is 0.299 e. The van der Waals surface area contributed by atoms with Gasteiger partial charge in [-0.3, -0.25) is 4.79 Å². The number of rotatable bonds is 4. The van der Waals surface area contributed by atoms with Gasteiger partial charge in [0.15, 0.2) is 0 Å². The number of benzene rings is 1. The van der Waals surface area contributed by atoms with Crippen LogP contribution in [0.3, 0.4) is 0 Å². The lowest BCUT2D eigenvalue weighted by atomic mass is 9.80. The molecule has 0 bridgehead atoms. The Labute approximate surface area is 97.9 Å². The molecule has 0 unspecified atom stereocenters. The molecule has 16 heavy (non-hydrogen) atoms. The van der Waals surface area contributed by atoms with Crippen LogP contribution < -0.4 is 0 Å². The van der Waals surface area contributed by atoms with E-state index in [0.29, 0.717) is 11.7 Å². The zero-order valence-corrected chi connectivity index (χ0v) is 10.3. The number of hydrogen-bond donors (Lipinski definition) is 0. The van der Waals surface area contributed by atoms with Gasteiger partial charge in [0.05, 0.1) is 0 Å². The van der Waals surface area contributed by atoms with Crippen molar-refractivity contribution in [1.82, 2.24) is 0 Å². The number of ketones is 1. The minimum Gasteiger partial charge on any atom is -0.299 e. The zero-order valence-electron chi connectivity index (χ0n) is 10.3. The van der Waals surface area contributed by atoms with Gasteiger partial charge >= 0.3 is 0 Å². The molecular weight excluding hydrogens is 196 g/mol. The van der Waals surface area contributed by atoms with Crippen molar-refractivity contribution in [2.45, 2.75) is 46.0 Å². The number of aryl methyl sites for hydroxylation is 3. The van der Waals surface area contributed by atoms with Crippen LogP contribution in [0.4, 0.5) is 0 Å². The molecule has 1 heteroatoms. The molecule has 1 nitrogen and oxygen atoms in total. The summed E-state index contributed by atoms with van der Waals surface area (Å²) in [4.78, 5) is 11.8. The van der Waals surface area contributed by atoms with Gasteiger partial charge in [0, 0.05) is 12.3 Å². The van der Waals surface area contributed by atoms with Gasteiger partial charge in [-0.15, -0.1) is 0 Å². The Balaban J connectivity index is 1.91. The molecule has 0 heterocycles. The molecule has 0 spiro atoms. The van der Waals surface area contributed by atoms with Crippen molar-refractivity contribution in [2.24, 2.45) is 5.92 Å². The van der Waals surface area contributed by atoms with E-state index in [1.54, 1.807) is 0 Å². The van der Waals surface area contributed by atoms with Crippen LogP contribution >= 0.6 is 0 Å². The molecule has 1 aromatic rings. The van der Waals surface area contributed by atoms with Gasteiger partial charge in [0.2, 0.25) is 0 Å². The van der Waals surface area contributed by atoms with Gasteiger partial charge in [-0.1, -0.05) is 30.2 Å². The molecule has 1 fully saturated rings. The first kappa shape index (κ1) is 11.4. The van der Waals surface area contributed by atoms with Crippen LogP contribution in [0, 0.1) is 19.8 Å². The Morgan fingerprint density at radius 1 is 1.31 bits per heavy atom. The second-order valence-corrected chi connectivity index (χ2v) is 5.02. The fourth-order valence-electron chi connectivity index (χ4n) is 2.32. The predicted molar refractivity (Wildman–Crippen MR) is 66.6 cm³/mol. The van der Waals surface area contributed by atoms with Gasteiger partial charge < -0.3 is 0 Å². The minimum atomic E-state index is 0.394. The first-order valence-corrected chi connectivity index (χ1v) is 6.25. The van der Waals surface area contributed by atoms with Crippen molar-refractivity contribution >= 4 is 5.78 Å². The monoisotopic (exact) mass is 216 g/mol. The Morgan fingerprint density at radius 3 is 2.62 bits per heavy atom. The smallest absolute Gasteiger partial charge is 0.136 e. The second-order valence-electron chi connectivity index (χ2n) is 5.02. The normalized spacial score (nSPS) is 15.9. The third-order valence-corrected chi connectivity index (χ3v) is 3.70. The van der Waals surface area contributed by atoms with Crippen molar-refractivity contribution in [3.63, 3.8) is 0 Å². The fourth-order valence-corrected chi connectivity index (χ4v) is 2.32. The lowest BCUT2D eigenvalue weighted by molar-refractivity contribution is -0.125. The molecule has 0 amide bonds. The fraction of sp³-hybridized carbons (Fsp3) is 0.533. The highest BCUT2D eigenvalue weighted by Crippen LogP contribution is 2.28. The second kappa shape index (κ2) is 4.82. The van der Waals surface area contributed by atoms with Crippen LogP contribution in [-0.2, 0) is 11.2 Å². The van der Waals surface area contributed by atoms with Gasteiger partial charge in [-0.05, 0) is 44.2 Å². The molecule has 0 saturated heterocycles. The maximum absolute atomic E-state index is 11.8. The van der Waals surface area contributed by atoms with E-state index in [1.165, 1.54) is 23.1 Å². The third kappa shape index (κ3) is 2.52. The molecule has 86 valence electrons. The van der Waals surface area contributed by atoms with Gasteiger partial charge in [0.1, 0.15) is 5.78 Å². The third-order valence-electron chi connectivity index (χ3n) is 3.70. The maximum atomic E-state index is 11.8. The molecule has 0 aliphatic heterocycles. The van der Waals surface area contributed by atoms with Crippen LogP contribution in [0.1, 0.15) is 42.4 Å². The topological polar surface area (TPSA) is 17.1 Å². The molecule has 0 atom stereocenters. The first-order valence-electron chi connectivity index (χ1n) is 6.25. The minimum absolute atomic E-state index is 0.394. The van der Waals surface area contributed by atoms with Crippen molar-refractivity contribution < 1.29 is 4.79 Å². The summed E-state index contributed by atoms with van der Waals surface area (Å²) in [7, 11) is 0. The summed E-state index contributed by atoms with van der Waals surface area (Å²) < 4.78 is 0. The lowest BCUT2D eigenvalue weighted by Crippen LogP contribution is -2.22. The Bertz CT molecular complexity index is 388. The van der Waals surface area contributed by atoms with Crippen molar-refractivity contribution in [3.05, 3.63) is 34.9 Å². The van der Waals surface area contributed by atoms with Crippen molar-refractivity contribution in [2.75, 3.05) is 0 Å². The average Bonchev–Trinajstić information content (AvgIpc) is 2.13. The summed E-state index contributed by atoms with van der Waals surface area (Å²) in [5.74, 6) is 0.872. The molecule has 1 aliphatic rings. The number of carbonyl (C=O) groups excluding carboxylic acids is 1. The molecule has 0 radical (unpaired) electrons. The summed E-state index contributed by atoms with van der Waals surface area (Å²) in [5.41, 5.74) is 3.95. The zero-order chi connectivity index (χ0) is 11.5. The Hall–Kier alpha value is -1.11. The van der Waals surface area contributed by atoms with E-state index in [-0.39, 0.29) is 0 Å². The van der Waals surface area contributed by atoms with Crippen LogP contribution in [0.2, 0.25) is 0 Å². The van der Waals surface area contributed by atoms with Crippen molar-refractivity contribution in [3.8, 4) is 0 Å². The van der Waals surface area contributed by atoms with Crippen LogP contribution in [0.5, 0.6) is 0 Å². The van der Waals surface area contributed by atoms with Crippen LogP contribution in [-0.4, -0.2) is 5.78 Å². The predicted octanol–water partition coefficient (Wildman–Crippen LogP) is 3.61. The van der Waals surface area contributed by atoms with Gasteiger partial charge in [-0.25, -0.2) is 0 Å². The summed E-state index contributed by atoms with van der Waals surface area (Å²) in [6.07, 6.45) is 5.16. The lowest BCUT2D eigenvalue weighted by Gasteiger charge is -2.23. The average molecular weight is 216 g/mol. The maximum Gasteiger partial charge on any atom is 0.136 e. The molecule has 0 aromatic heterocycles. The summed E-state index contributed by atoms with van der Waals surface area (Å²) in [6.45, 7) is 4.24. The SMILES string of the molecule is Cc1ccc(CCC(=O)C2CCC2)c(C)c1. The van der Waals surface area contributed by atoms with E-state index in [2.05, 4.69) is 32.0 Å². The van der Waals surface area contributed by atoms with Crippen LogP contribution in [0.15, 0.2) is 18.2 Å². The van der Waals surface area contributed by atoms with E-state index in [4.69, 9.17) is 0 Å². The standard InChI is InChI=1S/C15H20O/c1-11-6-7-13(12(2)10-11)8-9-15(16)14-4-3-5-14/h6-7,10,14H,3-5,8-9H2,1-2H3. The Morgan fingerprint density at radius 2 is 2.06 bits per heavy atom. The highest BCUT2D eigenvalue weighted by Gasteiger charge is 2.24. The molecule has 1 aromatic carbocycles. The molecular formula is C15H20O. The highest BCUT2D eigenvalue weighted by atomic mass is 16.1. The number of hydrogen-bond acceptors (Lipinski definition) is 1. The molecule has 2 rings (SSSR count). The summed E-state index contributed by atoms with van der Waals surface area (Å²) in [5, 5.41) is 0. The molecule has 1 saturated carbocycles. The van der Waals surface area contributed by atoms with Crippen LogP contribution in [0.25, 0.3) is 0 Å². The highest BCUT2D eigenvalue weighted by molar-refractivity contribution is 5.81. The summed E-state index contributed by atoms with van der Waals surface area (Å²) >= 11 is 0. The quantitative estimate of drug-likeness (QED) is 0.751. The first-order chi connectivity index (χ1) is 7.66. The Kier molecular flexibility index (Phi) is 3.42. The van der Waals surface area contributed by atoms with Gasteiger partial charge in [0.25, 0.3) is 0 Å². The van der Waals surface area contributed by atoms with Crippen molar-refractivity contribution in [1.29, 1.82) is 0 Å². The van der Waals surface area contributed by atoms with E-state index in [9.17, 15) is 4.79 Å². The van der Waals surface area contributed by atoms with E-state index >= 15 is 0 Å². The van der Waals surface area contributed by atoms with E-state index in [0.717, 1.165) is 25.7 Å². The molecule has 1 aliphatic carbocycles. The molecule has 0 N–H and O–H groups in total. The van der Waals surface area contributed by atoms with E-state index in [1.807, 2.05) is 0 Å². The number of carbonyl (C=O) groups is 1.